The normalized spacial score (nSPS) is 11.3. The average Bonchev–Trinajstić information content (AvgIpc) is 2.99. The lowest BCUT2D eigenvalue weighted by molar-refractivity contribution is 0.0985. The number of amides is 1. The fourth-order valence-corrected chi connectivity index (χ4v) is 4.24. The van der Waals surface area contributed by atoms with Crippen LogP contribution in [-0.4, -0.2) is 43.0 Å². The molecule has 26 heavy (non-hydrogen) atoms. The third-order valence-electron chi connectivity index (χ3n) is 4.16. The summed E-state index contributed by atoms with van der Waals surface area (Å²) in [6.45, 7) is 5.53. The first-order chi connectivity index (χ1) is 12.3. The van der Waals surface area contributed by atoms with E-state index in [1.54, 1.807) is 16.2 Å². The highest BCUT2D eigenvalue weighted by atomic mass is 79.9. The first-order valence-corrected chi connectivity index (χ1v) is 10.1. The molecule has 0 aliphatic heterocycles. The molecule has 0 aliphatic rings. The van der Waals surface area contributed by atoms with Crippen LogP contribution in [-0.2, 0) is 0 Å². The Bertz CT molecular complexity index is 934. The molecular formula is C20H22BrN3OS. The van der Waals surface area contributed by atoms with Crippen molar-refractivity contribution in [1.82, 2.24) is 9.88 Å². The Kier molecular flexibility index (Phi) is 5.75. The van der Waals surface area contributed by atoms with Gasteiger partial charge in [0.2, 0.25) is 0 Å². The number of hydrogen-bond donors (Lipinski definition) is 0. The molecule has 1 amide bonds. The maximum Gasteiger partial charge on any atom is 0.260 e. The lowest BCUT2D eigenvalue weighted by Gasteiger charge is -2.22. The molecule has 0 atom stereocenters. The number of carbonyl (C=O) groups excluding carboxylic acids is 1. The van der Waals surface area contributed by atoms with Crippen LogP contribution in [0, 0.1) is 13.8 Å². The fourth-order valence-electron chi connectivity index (χ4n) is 2.81. The van der Waals surface area contributed by atoms with Crippen molar-refractivity contribution < 1.29 is 4.79 Å². The van der Waals surface area contributed by atoms with Crippen molar-refractivity contribution in [3.63, 3.8) is 0 Å². The number of likely N-dealkylation sites (N-methyl/N-ethyl adjacent to an activating group) is 1. The summed E-state index contributed by atoms with van der Waals surface area (Å²) in [5, 5.41) is 0.753. The summed E-state index contributed by atoms with van der Waals surface area (Å²) in [4.78, 5) is 21.8. The molecule has 0 spiro atoms. The second-order valence-corrected chi connectivity index (χ2v) is 8.62. The van der Waals surface area contributed by atoms with Crippen LogP contribution >= 0.6 is 27.3 Å². The second-order valence-electron chi connectivity index (χ2n) is 6.69. The quantitative estimate of drug-likeness (QED) is 0.577. The number of aryl methyl sites for hydroxylation is 2. The number of halogens is 1. The maximum atomic E-state index is 13.2. The summed E-state index contributed by atoms with van der Waals surface area (Å²) in [7, 11) is 4.02. The van der Waals surface area contributed by atoms with E-state index in [0.29, 0.717) is 12.1 Å². The third-order valence-corrected chi connectivity index (χ3v) is 5.71. The minimum atomic E-state index is -0.0206. The summed E-state index contributed by atoms with van der Waals surface area (Å²) in [6.07, 6.45) is 0. The molecule has 0 unspecified atom stereocenters. The van der Waals surface area contributed by atoms with Crippen LogP contribution in [0.25, 0.3) is 10.2 Å². The van der Waals surface area contributed by atoms with Gasteiger partial charge in [-0.25, -0.2) is 4.98 Å². The van der Waals surface area contributed by atoms with E-state index in [4.69, 9.17) is 4.98 Å². The summed E-state index contributed by atoms with van der Waals surface area (Å²) < 4.78 is 2.08. The average molecular weight is 432 g/mol. The van der Waals surface area contributed by atoms with Gasteiger partial charge in [0, 0.05) is 23.1 Å². The molecule has 136 valence electrons. The molecule has 1 aromatic heterocycles. The minimum Gasteiger partial charge on any atom is -0.308 e. The molecule has 0 aliphatic carbocycles. The van der Waals surface area contributed by atoms with Crippen LogP contribution < -0.4 is 4.90 Å². The van der Waals surface area contributed by atoms with Crippen LogP contribution in [0.4, 0.5) is 5.13 Å². The molecule has 3 rings (SSSR count). The zero-order chi connectivity index (χ0) is 18.8. The summed E-state index contributed by atoms with van der Waals surface area (Å²) >= 11 is 5.00. The number of fused-ring (bicyclic) bond motifs is 1. The van der Waals surface area contributed by atoms with E-state index < -0.39 is 0 Å². The minimum absolute atomic E-state index is 0.0206. The van der Waals surface area contributed by atoms with Gasteiger partial charge in [0.05, 0.1) is 10.2 Å². The lowest BCUT2D eigenvalue weighted by Crippen LogP contribution is -2.36. The van der Waals surface area contributed by atoms with Crippen molar-refractivity contribution >= 4 is 48.5 Å². The Morgan fingerprint density at radius 2 is 1.81 bits per heavy atom. The van der Waals surface area contributed by atoms with Gasteiger partial charge >= 0.3 is 0 Å². The van der Waals surface area contributed by atoms with Gasteiger partial charge in [-0.3, -0.25) is 9.69 Å². The summed E-state index contributed by atoms with van der Waals surface area (Å²) in [5.41, 5.74) is 4.00. The number of benzene rings is 2. The molecule has 0 N–H and O–H groups in total. The molecule has 3 aromatic rings. The molecule has 4 nitrogen and oxygen atoms in total. The van der Waals surface area contributed by atoms with Crippen LogP contribution in [0.1, 0.15) is 21.5 Å². The molecule has 6 heteroatoms. The Balaban J connectivity index is 2.01. The third kappa shape index (κ3) is 4.14. The first kappa shape index (κ1) is 19.0. The van der Waals surface area contributed by atoms with E-state index in [-0.39, 0.29) is 5.91 Å². The maximum absolute atomic E-state index is 13.2. The second kappa shape index (κ2) is 7.86. The van der Waals surface area contributed by atoms with E-state index in [0.717, 1.165) is 31.9 Å². The monoisotopic (exact) mass is 431 g/mol. The van der Waals surface area contributed by atoms with Crippen LogP contribution in [0.2, 0.25) is 0 Å². The van der Waals surface area contributed by atoms with Crippen molar-refractivity contribution in [2.75, 3.05) is 32.1 Å². The molecule has 2 aromatic carbocycles. The number of rotatable bonds is 5. The van der Waals surface area contributed by atoms with E-state index >= 15 is 0 Å². The number of carbonyl (C=O) groups is 1. The fraction of sp³-hybridized carbons (Fsp3) is 0.300. The Morgan fingerprint density at radius 3 is 2.46 bits per heavy atom. The predicted molar refractivity (Wildman–Crippen MR) is 113 cm³/mol. The van der Waals surface area contributed by atoms with Crippen molar-refractivity contribution in [2.45, 2.75) is 13.8 Å². The standard InChI is InChI=1S/C20H22BrN3OS/c1-13-11-14(2)18-17(12-13)26-20(22-18)24(10-9-23(3)4)19(25)15-5-7-16(21)8-6-15/h5-8,11-12H,9-10H2,1-4H3. The number of nitrogens with zero attached hydrogens (tertiary/aromatic N) is 3. The molecule has 0 radical (unpaired) electrons. The Morgan fingerprint density at radius 1 is 1.12 bits per heavy atom. The van der Waals surface area contributed by atoms with Gasteiger partial charge in [0.1, 0.15) is 0 Å². The first-order valence-electron chi connectivity index (χ1n) is 8.45. The highest BCUT2D eigenvalue weighted by Crippen LogP contribution is 2.32. The van der Waals surface area contributed by atoms with Crippen molar-refractivity contribution in [3.05, 3.63) is 57.6 Å². The van der Waals surface area contributed by atoms with Crippen molar-refractivity contribution in [1.29, 1.82) is 0 Å². The van der Waals surface area contributed by atoms with Gasteiger partial charge in [-0.15, -0.1) is 0 Å². The smallest absolute Gasteiger partial charge is 0.260 e. The number of hydrogen-bond acceptors (Lipinski definition) is 4. The SMILES string of the molecule is Cc1cc(C)c2nc(N(CCN(C)C)C(=O)c3ccc(Br)cc3)sc2c1. The zero-order valence-electron chi connectivity index (χ0n) is 15.4. The topological polar surface area (TPSA) is 36.4 Å². The van der Waals surface area contributed by atoms with Gasteiger partial charge in [0.15, 0.2) is 5.13 Å². The zero-order valence-corrected chi connectivity index (χ0v) is 17.8. The van der Waals surface area contributed by atoms with Gasteiger partial charge in [-0.1, -0.05) is 33.3 Å². The van der Waals surface area contributed by atoms with Crippen LogP contribution in [0.5, 0.6) is 0 Å². The largest absolute Gasteiger partial charge is 0.308 e. The van der Waals surface area contributed by atoms with E-state index in [1.165, 1.54) is 5.56 Å². The molecule has 1 heterocycles. The Labute approximate surface area is 166 Å². The number of thiazole rings is 1. The summed E-state index contributed by atoms with van der Waals surface area (Å²) in [6, 6.07) is 11.7. The van der Waals surface area contributed by atoms with Gasteiger partial charge < -0.3 is 4.90 Å². The van der Waals surface area contributed by atoms with Gasteiger partial charge in [0.25, 0.3) is 5.91 Å². The van der Waals surface area contributed by atoms with Crippen molar-refractivity contribution in [2.24, 2.45) is 0 Å². The van der Waals surface area contributed by atoms with Crippen molar-refractivity contribution in [3.8, 4) is 0 Å². The molecule has 0 saturated heterocycles. The molecule has 0 bridgehead atoms. The van der Waals surface area contributed by atoms with Crippen LogP contribution in [0.3, 0.4) is 0 Å². The highest BCUT2D eigenvalue weighted by molar-refractivity contribution is 9.10. The summed E-state index contributed by atoms with van der Waals surface area (Å²) in [5.74, 6) is -0.0206. The molecular weight excluding hydrogens is 410 g/mol. The predicted octanol–water partition coefficient (Wildman–Crippen LogP) is 4.88. The van der Waals surface area contributed by atoms with Gasteiger partial charge in [-0.2, -0.15) is 0 Å². The van der Waals surface area contributed by atoms with Crippen LogP contribution in [0.15, 0.2) is 40.9 Å². The lowest BCUT2D eigenvalue weighted by atomic mass is 10.1. The Hall–Kier alpha value is -1.76. The highest BCUT2D eigenvalue weighted by Gasteiger charge is 2.22. The van der Waals surface area contributed by atoms with Gasteiger partial charge in [-0.05, 0) is 69.4 Å². The molecule has 0 fully saturated rings. The van der Waals surface area contributed by atoms with E-state index in [9.17, 15) is 4.79 Å². The van der Waals surface area contributed by atoms with E-state index in [1.807, 2.05) is 38.4 Å². The number of aromatic nitrogens is 1. The molecule has 0 saturated carbocycles. The van der Waals surface area contributed by atoms with E-state index in [2.05, 4.69) is 46.8 Å². The number of anilines is 1.